The second kappa shape index (κ2) is 7.36. The van der Waals surface area contributed by atoms with E-state index in [0.717, 1.165) is 6.42 Å². The van der Waals surface area contributed by atoms with Gasteiger partial charge in [-0.1, -0.05) is 30.1 Å². The van der Waals surface area contributed by atoms with Gasteiger partial charge in [-0.25, -0.2) is 0 Å². The summed E-state index contributed by atoms with van der Waals surface area (Å²) >= 11 is 12.0. The molecule has 0 bridgehead atoms. The Morgan fingerprint density at radius 3 is 2.26 bits per heavy atom. The molecule has 1 N–H and O–H groups in total. The summed E-state index contributed by atoms with van der Waals surface area (Å²) in [5.41, 5.74) is 0.292. The average molecular weight is 305 g/mol. The molecule has 0 aliphatic heterocycles. The number of carboxylic acid groups (broad SMARTS) is 1. The normalized spacial score (nSPS) is 10.3. The molecule has 0 spiro atoms. The van der Waals surface area contributed by atoms with Crippen molar-refractivity contribution in [1.29, 1.82) is 0 Å². The first-order valence-electron chi connectivity index (χ1n) is 5.82. The van der Waals surface area contributed by atoms with Crippen molar-refractivity contribution < 1.29 is 19.4 Å². The van der Waals surface area contributed by atoms with Crippen molar-refractivity contribution >= 4 is 35.0 Å². The number of Topliss-reactive ketones (excluding diaryl/α,β-unsaturated/α-hetero) is 1. The number of carbonyl (C=O) groups excluding carboxylic acids is 1. The highest BCUT2D eigenvalue weighted by Crippen LogP contribution is 2.34. The van der Waals surface area contributed by atoms with Gasteiger partial charge in [-0.15, -0.1) is 0 Å². The minimum absolute atomic E-state index is 0.0862. The molecule has 0 aromatic heterocycles. The van der Waals surface area contributed by atoms with Crippen LogP contribution in [0.15, 0.2) is 12.1 Å². The highest BCUT2D eigenvalue weighted by molar-refractivity contribution is 6.37. The Balaban J connectivity index is 2.87. The topological polar surface area (TPSA) is 63.6 Å². The largest absolute Gasteiger partial charge is 0.490 e. The fraction of sp³-hybridized carbons (Fsp3) is 0.385. The maximum Gasteiger partial charge on any atom is 0.303 e. The molecule has 1 aromatic carbocycles. The Morgan fingerprint density at radius 1 is 1.21 bits per heavy atom. The summed E-state index contributed by atoms with van der Waals surface area (Å²) in [6.07, 6.45) is 0.505. The molecule has 0 saturated carbocycles. The van der Waals surface area contributed by atoms with E-state index in [2.05, 4.69) is 0 Å². The number of hydrogen-bond donors (Lipinski definition) is 1. The Morgan fingerprint density at radius 2 is 1.79 bits per heavy atom. The van der Waals surface area contributed by atoms with Gasteiger partial charge < -0.3 is 9.84 Å². The van der Waals surface area contributed by atoms with Crippen LogP contribution in [0.5, 0.6) is 5.75 Å². The van der Waals surface area contributed by atoms with Crippen molar-refractivity contribution in [2.45, 2.75) is 26.2 Å². The number of halogens is 2. The van der Waals surface area contributed by atoms with E-state index in [-0.39, 0.29) is 28.7 Å². The van der Waals surface area contributed by atoms with Gasteiger partial charge in [0.25, 0.3) is 0 Å². The van der Waals surface area contributed by atoms with Gasteiger partial charge in [0.05, 0.1) is 23.1 Å². The van der Waals surface area contributed by atoms with Crippen LogP contribution in [0.1, 0.15) is 36.5 Å². The van der Waals surface area contributed by atoms with E-state index >= 15 is 0 Å². The fourth-order valence-electron chi connectivity index (χ4n) is 1.43. The van der Waals surface area contributed by atoms with Gasteiger partial charge in [-0.05, 0) is 18.6 Å². The average Bonchev–Trinajstić information content (AvgIpc) is 2.34. The number of aliphatic carboxylic acids is 1. The molecule has 0 amide bonds. The van der Waals surface area contributed by atoms with Crippen LogP contribution in [0.3, 0.4) is 0 Å². The molecule has 6 heteroatoms. The molecule has 0 heterocycles. The summed E-state index contributed by atoms with van der Waals surface area (Å²) in [5, 5.41) is 9.03. The van der Waals surface area contributed by atoms with E-state index in [1.807, 2.05) is 6.92 Å². The quantitative estimate of drug-likeness (QED) is 0.778. The standard InChI is InChI=1S/C13H14Cl2O4/c1-2-5-19-13-9(14)6-8(7-10(13)15)11(16)3-4-12(17)18/h6-7H,2-5H2,1H3,(H,17,18). The number of ketones is 1. The predicted molar refractivity (Wildman–Crippen MR) is 73.4 cm³/mol. The molecule has 0 aliphatic carbocycles. The zero-order valence-corrected chi connectivity index (χ0v) is 11.9. The van der Waals surface area contributed by atoms with E-state index in [0.29, 0.717) is 17.9 Å². The Bertz CT molecular complexity index is 463. The zero-order chi connectivity index (χ0) is 14.4. The zero-order valence-electron chi connectivity index (χ0n) is 10.4. The van der Waals surface area contributed by atoms with Crippen LogP contribution >= 0.6 is 23.2 Å². The van der Waals surface area contributed by atoms with Gasteiger partial charge in [0, 0.05) is 12.0 Å². The van der Waals surface area contributed by atoms with Crippen LogP contribution in [-0.4, -0.2) is 23.5 Å². The van der Waals surface area contributed by atoms with E-state index in [1.165, 1.54) is 12.1 Å². The molecule has 0 atom stereocenters. The van der Waals surface area contributed by atoms with Gasteiger partial charge in [0.2, 0.25) is 0 Å². The Kier molecular flexibility index (Phi) is 6.12. The SMILES string of the molecule is CCCOc1c(Cl)cc(C(=O)CCC(=O)O)cc1Cl. The molecule has 0 saturated heterocycles. The van der Waals surface area contributed by atoms with Crippen molar-refractivity contribution in [1.82, 2.24) is 0 Å². The third-order valence-electron chi connectivity index (χ3n) is 2.34. The third kappa shape index (κ3) is 4.73. The van der Waals surface area contributed by atoms with E-state index in [1.54, 1.807) is 0 Å². The van der Waals surface area contributed by atoms with Crippen molar-refractivity contribution in [3.8, 4) is 5.75 Å². The maximum atomic E-state index is 11.8. The Labute approximate surface area is 121 Å². The summed E-state index contributed by atoms with van der Waals surface area (Å²) in [6.45, 7) is 2.43. The maximum absolute atomic E-state index is 11.8. The fourth-order valence-corrected chi connectivity index (χ4v) is 2.02. The molecular formula is C13H14Cl2O4. The molecule has 0 unspecified atom stereocenters. The van der Waals surface area contributed by atoms with Crippen molar-refractivity contribution in [2.75, 3.05) is 6.61 Å². The molecule has 0 fully saturated rings. The number of carbonyl (C=O) groups is 2. The number of rotatable bonds is 7. The van der Waals surface area contributed by atoms with E-state index in [4.69, 9.17) is 33.0 Å². The van der Waals surface area contributed by atoms with Crippen molar-refractivity contribution in [2.24, 2.45) is 0 Å². The van der Waals surface area contributed by atoms with Crippen LogP contribution in [0.25, 0.3) is 0 Å². The molecule has 19 heavy (non-hydrogen) atoms. The third-order valence-corrected chi connectivity index (χ3v) is 2.90. The number of hydrogen-bond acceptors (Lipinski definition) is 3. The lowest BCUT2D eigenvalue weighted by Gasteiger charge is -2.10. The lowest BCUT2D eigenvalue weighted by molar-refractivity contribution is -0.136. The highest BCUT2D eigenvalue weighted by Gasteiger charge is 2.14. The van der Waals surface area contributed by atoms with Crippen molar-refractivity contribution in [3.05, 3.63) is 27.7 Å². The molecule has 104 valence electrons. The van der Waals surface area contributed by atoms with Crippen LogP contribution < -0.4 is 4.74 Å². The highest BCUT2D eigenvalue weighted by atomic mass is 35.5. The summed E-state index contributed by atoms with van der Waals surface area (Å²) < 4.78 is 5.38. The molecular weight excluding hydrogens is 291 g/mol. The van der Waals surface area contributed by atoms with Gasteiger partial charge in [-0.2, -0.15) is 0 Å². The lowest BCUT2D eigenvalue weighted by atomic mass is 10.1. The monoisotopic (exact) mass is 304 g/mol. The molecule has 1 rings (SSSR count). The molecule has 1 aromatic rings. The minimum Gasteiger partial charge on any atom is -0.490 e. The molecule has 0 radical (unpaired) electrons. The summed E-state index contributed by atoms with van der Waals surface area (Å²) in [6, 6.07) is 2.89. The van der Waals surface area contributed by atoms with Crippen LogP contribution in [0, 0.1) is 0 Å². The summed E-state index contributed by atoms with van der Waals surface area (Å²) in [7, 11) is 0. The van der Waals surface area contributed by atoms with Gasteiger partial charge >= 0.3 is 5.97 Å². The summed E-state index contributed by atoms with van der Waals surface area (Å²) in [5.74, 6) is -0.985. The number of carboxylic acids is 1. The molecule has 0 aliphatic rings. The first-order valence-corrected chi connectivity index (χ1v) is 6.58. The lowest BCUT2D eigenvalue weighted by Crippen LogP contribution is -2.05. The van der Waals surface area contributed by atoms with Gasteiger partial charge in [0.1, 0.15) is 0 Å². The van der Waals surface area contributed by atoms with E-state index < -0.39 is 5.97 Å². The minimum atomic E-state index is -1.02. The second-order valence-corrected chi connectivity index (χ2v) is 4.75. The van der Waals surface area contributed by atoms with Crippen LogP contribution in [0.4, 0.5) is 0 Å². The smallest absolute Gasteiger partial charge is 0.303 e. The first kappa shape index (κ1) is 15.8. The van der Waals surface area contributed by atoms with Gasteiger partial charge in [0.15, 0.2) is 11.5 Å². The van der Waals surface area contributed by atoms with Crippen LogP contribution in [-0.2, 0) is 4.79 Å². The summed E-state index contributed by atoms with van der Waals surface area (Å²) in [4.78, 5) is 22.2. The van der Waals surface area contributed by atoms with Gasteiger partial charge in [-0.3, -0.25) is 9.59 Å². The number of ether oxygens (including phenoxy) is 1. The van der Waals surface area contributed by atoms with E-state index in [9.17, 15) is 9.59 Å². The Hall–Kier alpha value is -1.26. The first-order chi connectivity index (χ1) is 8.95. The molecule has 4 nitrogen and oxygen atoms in total. The van der Waals surface area contributed by atoms with Crippen molar-refractivity contribution in [3.63, 3.8) is 0 Å². The number of benzene rings is 1. The second-order valence-electron chi connectivity index (χ2n) is 3.93. The predicted octanol–water partition coefficient (Wildman–Crippen LogP) is 3.83. The van der Waals surface area contributed by atoms with Crippen LogP contribution in [0.2, 0.25) is 10.0 Å².